The van der Waals surface area contributed by atoms with Gasteiger partial charge in [-0.15, -0.1) is 0 Å². The first-order valence-corrected chi connectivity index (χ1v) is 8.20. The number of rotatable bonds is 12. The predicted molar refractivity (Wildman–Crippen MR) is 80.5 cm³/mol. The second kappa shape index (κ2) is 12.5. The third-order valence-corrected chi connectivity index (χ3v) is 3.99. The third-order valence-electron chi connectivity index (χ3n) is 3.99. The monoisotopic (exact) mass is 240 g/mol. The van der Waals surface area contributed by atoms with Gasteiger partial charge in [0.25, 0.3) is 0 Å². The minimum absolute atomic E-state index is 0.963. The maximum Gasteiger partial charge on any atom is -0.0443 e. The zero-order valence-electron chi connectivity index (χ0n) is 12.9. The largest absolute Gasteiger partial charge is 0.0654 e. The van der Waals surface area contributed by atoms with Crippen molar-refractivity contribution in [3.05, 3.63) is 0 Å². The lowest BCUT2D eigenvalue weighted by Gasteiger charge is -2.13. The van der Waals surface area contributed by atoms with Crippen molar-refractivity contribution in [1.29, 1.82) is 0 Å². The lowest BCUT2D eigenvalue weighted by atomic mass is 9.93. The molecule has 0 radical (unpaired) electrons. The molecule has 0 N–H and O–H groups in total. The van der Waals surface area contributed by atoms with Crippen molar-refractivity contribution >= 4 is 0 Å². The molecule has 104 valence electrons. The van der Waals surface area contributed by atoms with Gasteiger partial charge in [0.2, 0.25) is 0 Å². The average molecular weight is 240 g/mol. The molecule has 0 aliphatic heterocycles. The molecule has 2 atom stereocenters. The van der Waals surface area contributed by atoms with E-state index >= 15 is 0 Å². The summed E-state index contributed by atoms with van der Waals surface area (Å²) in [6.07, 6.45) is 15.8. The van der Waals surface area contributed by atoms with E-state index < -0.39 is 0 Å². The molecule has 0 heterocycles. The summed E-state index contributed by atoms with van der Waals surface area (Å²) >= 11 is 0. The van der Waals surface area contributed by atoms with Crippen molar-refractivity contribution in [2.45, 2.75) is 98.3 Å². The Bertz CT molecular complexity index is 139. The minimum Gasteiger partial charge on any atom is -0.0654 e. The van der Waals surface area contributed by atoms with Crippen LogP contribution in [0, 0.1) is 11.8 Å². The fraction of sp³-hybridized carbons (Fsp3) is 1.00. The van der Waals surface area contributed by atoms with Gasteiger partial charge in [-0.3, -0.25) is 0 Å². The van der Waals surface area contributed by atoms with Gasteiger partial charge in [0, 0.05) is 0 Å². The Morgan fingerprint density at radius 3 is 1.29 bits per heavy atom. The van der Waals surface area contributed by atoms with Crippen LogP contribution in [0.1, 0.15) is 98.3 Å². The first-order valence-electron chi connectivity index (χ1n) is 8.20. The molecule has 0 nitrogen and oxygen atoms in total. The predicted octanol–water partition coefficient (Wildman–Crippen LogP) is 6.59. The molecule has 2 unspecified atom stereocenters. The molecule has 0 spiro atoms. The first-order chi connectivity index (χ1) is 8.20. The fourth-order valence-corrected chi connectivity index (χ4v) is 2.57. The molecular weight excluding hydrogens is 204 g/mol. The van der Waals surface area contributed by atoms with Crippen LogP contribution in [0.25, 0.3) is 0 Å². The van der Waals surface area contributed by atoms with Crippen molar-refractivity contribution in [3.8, 4) is 0 Å². The fourth-order valence-electron chi connectivity index (χ4n) is 2.57. The smallest absolute Gasteiger partial charge is 0.0443 e. The Hall–Kier alpha value is 0. The molecule has 0 saturated heterocycles. The first kappa shape index (κ1) is 17.0. The van der Waals surface area contributed by atoms with Crippen molar-refractivity contribution in [1.82, 2.24) is 0 Å². The van der Waals surface area contributed by atoms with Gasteiger partial charge < -0.3 is 0 Å². The van der Waals surface area contributed by atoms with E-state index in [0.29, 0.717) is 0 Å². The zero-order chi connectivity index (χ0) is 12.9. The molecule has 0 aromatic rings. The van der Waals surface area contributed by atoms with Crippen LogP contribution < -0.4 is 0 Å². The summed E-state index contributed by atoms with van der Waals surface area (Å²) in [6.45, 7) is 9.46. The van der Waals surface area contributed by atoms with Gasteiger partial charge in [-0.05, 0) is 11.8 Å². The van der Waals surface area contributed by atoms with E-state index in [2.05, 4.69) is 27.7 Å². The summed E-state index contributed by atoms with van der Waals surface area (Å²) in [5.74, 6) is 1.93. The minimum atomic E-state index is 0.963. The number of unbranched alkanes of at least 4 members (excludes halogenated alkanes) is 4. The van der Waals surface area contributed by atoms with Crippen LogP contribution in [-0.4, -0.2) is 0 Å². The molecule has 0 aliphatic carbocycles. The maximum atomic E-state index is 2.44. The highest BCUT2D eigenvalue weighted by Gasteiger charge is 2.04. The summed E-state index contributed by atoms with van der Waals surface area (Å²) in [5.41, 5.74) is 0. The van der Waals surface area contributed by atoms with Gasteiger partial charge in [-0.2, -0.15) is 0 Å². The normalized spacial score (nSPS) is 14.8. The topological polar surface area (TPSA) is 0 Å². The van der Waals surface area contributed by atoms with E-state index in [1.54, 1.807) is 0 Å². The Labute approximate surface area is 111 Å². The van der Waals surface area contributed by atoms with Gasteiger partial charge in [0.15, 0.2) is 0 Å². The highest BCUT2D eigenvalue weighted by Crippen LogP contribution is 2.20. The molecule has 0 aliphatic rings. The molecule has 17 heavy (non-hydrogen) atoms. The molecule has 0 rings (SSSR count). The van der Waals surface area contributed by atoms with Crippen LogP contribution >= 0.6 is 0 Å². The van der Waals surface area contributed by atoms with Crippen LogP contribution in [0.5, 0.6) is 0 Å². The Morgan fingerprint density at radius 1 is 0.529 bits per heavy atom. The van der Waals surface area contributed by atoms with Gasteiger partial charge in [0.05, 0.1) is 0 Å². The van der Waals surface area contributed by atoms with E-state index in [4.69, 9.17) is 0 Å². The zero-order valence-corrected chi connectivity index (χ0v) is 12.9. The van der Waals surface area contributed by atoms with E-state index in [1.807, 2.05) is 0 Å². The third kappa shape index (κ3) is 12.2. The summed E-state index contributed by atoms with van der Waals surface area (Å²) < 4.78 is 0. The Kier molecular flexibility index (Phi) is 12.5. The molecular formula is C17H36. The molecule has 0 fully saturated rings. The molecule has 0 aromatic carbocycles. The highest BCUT2D eigenvalue weighted by atomic mass is 14.1. The van der Waals surface area contributed by atoms with E-state index in [0.717, 1.165) is 11.8 Å². The van der Waals surface area contributed by atoms with Crippen LogP contribution in [0.15, 0.2) is 0 Å². The standard InChI is InChI=1S/C17H36/c1-5-7-9-13-17(4)15-11-10-14-16(3)12-8-6-2/h16-17H,5-15H2,1-4H3. The van der Waals surface area contributed by atoms with Crippen LogP contribution in [0.3, 0.4) is 0 Å². The Balaban J connectivity index is 3.25. The van der Waals surface area contributed by atoms with Gasteiger partial charge in [-0.25, -0.2) is 0 Å². The average Bonchev–Trinajstić information content (AvgIpc) is 2.32. The molecule has 0 aromatic heterocycles. The highest BCUT2D eigenvalue weighted by molar-refractivity contribution is 4.57. The summed E-state index contributed by atoms with van der Waals surface area (Å²) in [4.78, 5) is 0. The number of hydrogen-bond acceptors (Lipinski definition) is 0. The van der Waals surface area contributed by atoms with Gasteiger partial charge >= 0.3 is 0 Å². The van der Waals surface area contributed by atoms with Crippen LogP contribution in [0.4, 0.5) is 0 Å². The van der Waals surface area contributed by atoms with E-state index in [1.165, 1.54) is 70.6 Å². The van der Waals surface area contributed by atoms with E-state index in [-0.39, 0.29) is 0 Å². The molecule has 0 heteroatoms. The second-order valence-corrected chi connectivity index (χ2v) is 6.13. The Morgan fingerprint density at radius 2 is 0.882 bits per heavy atom. The van der Waals surface area contributed by atoms with E-state index in [9.17, 15) is 0 Å². The summed E-state index contributed by atoms with van der Waals surface area (Å²) in [5, 5.41) is 0. The summed E-state index contributed by atoms with van der Waals surface area (Å²) in [6, 6.07) is 0. The van der Waals surface area contributed by atoms with Crippen LogP contribution in [0.2, 0.25) is 0 Å². The van der Waals surface area contributed by atoms with Crippen LogP contribution in [-0.2, 0) is 0 Å². The van der Waals surface area contributed by atoms with Crippen molar-refractivity contribution in [2.24, 2.45) is 11.8 Å². The summed E-state index contributed by atoms with van der Waals surface area (Å²) in [7, 11) is 0. The SMILES string of the molecule is CCCCCC(C)CCCCC(C)CCCC. The van der Waals surface area contributed by atoms with Gasteiger partial charge in [-0.1, -0.05) is 98.3 Å². The quantitative estimate of drug-likeness (QED) is 0.338. The van der Waals surface area contributed by atoms with Crippen molar-refractivity contribution < 1.29 is 0 Å². The second-order valence-electron chi connectivity index (χ2n) is 6.13. The lowest BCUT2D eigenvalue weighted by molar-refractivity contribution is 0.406. The molecule has 0 saturated carbocycles. The van der Waals surface area contributed by atoms with Crippen molar-refractivity contribution in [2.75, 3.05) is 0 Å². The molecule has 0 bridgehead atoms. The van der Waals surface area contributed by atoms with Crippen molar-refractivity contribution in [3.63, 3.8) is 0 Å². The molecule has 0 amide bonds. The van der Waals surface area contributed by atoms with Gasteiger partial charge in [0.1, 0.15) is 0 Å². The maximum absolute atomic E-state index is 2.44. The number of hydrogen-bond donors (Lipinski definition) is 0. The lowest BCUT2D eigenvalue weighted by Crippen LogP contribution is -1.98.